The van der Waals surface area contributed by atoms with Gasteiger partial charge in [-0.25, -0.2) is 0 Å². The van der Waals surface area contributed by atoms with Crippen molar-refractivity contribution in [1.82, 2.24) is 0 Å². The fraction of sp³-hybridized carbons (Fsp3) is 0.905. The zero-order valence-electron chi connectivity index (χ0n) is 17.1. The number of carbonyl (C=O) groups is 2. The Labute approximate surface area is 152 Å². The van der Waals surface area contributed by atoms with Gasteiger partial charge in [0.2, 0.25) is 0 Å². The normalized spacial score (nSPS) is 39.3. The monoisotopic (exact) mass is 350 g/mol. The van der Waals surface area contributed by atoms with Gasteiger partial charge in [0.15, 0.2) is 0 Å². The standard InChI is InChI=1S/C21H34O4/c1-18(2,3)11-20(7,19(4,5)6)17(23)24-15-13-9-12-10-14(13)16(22)25-21(12,15)8/h12-15H,9-11H2,1-8H3/t12?,13?,14?,15?,20-,21?/m1/s1. The summed E-state index contributed by atoms with van der Waals surface area (Å²) in [6.45, 7) is 16.8. The summed E-state index contributed by atoms with van der Waals surface area (Å²) >= 11 is 0. The Kier molecular flexibility index (Phi) is 3.92. The van der Waals surface area contributed by atoms with E-state index in [-0.39, 0.29) is 40.7 Å². The zero-order chi connectivity index (χ0) is 19.0. The van der Waals surface area contributed by atoms with Gasteiger partial charge < -0.3 is 9.47 Å². The van der Waals surface area contributed by atoms with Gasteiger partial charge in [-0.05, 0) is 43.9 Å². The molecule has 2 saturated carbocycles. The van der Waals surface area contributed by atoms with Crippen molar-refractivity contribution in [3.8, 4) is 0 Å². The smallest absolute Gasteiger partial charge is 0.312 e. The van der Waals surface area contributed by atoms with E-state index in [2.05, 4.69) is 41.5 Å². The quantitative estimate of drug-likeness (QED) is 0.710. The molecule has 4 fully saturated rings. The van der Waals surface area contributed by atoms with Crippen LogP contribution in [0.25, 0.3) is 0 Å². The van der Waals surface area contributed by atoms with Gasteiger partial charge in [-0.1, -0.05) is 41.5 Å². The number of ether oxygens (including phenoxy) is 2. The maximum absolute atomic E-state index is 13.4. The van der Waals surface area contributed by atoms with E-state index in [1.54, 1.807) is 0 Å². The van der Waals surface area contributed by atoms with Gasteiger partial charge in [0.1, 0.15) is 11.7 Å². The molecule has 0 aromatic heterocycles. The second kappa shape index (κ2) is 5.23. The predicted molar refractivity (Wildman–Crippen MR) is 95.7 cm³/mol. The van der Waals surface area contributed by atoms with E-state index in [1.165, 1.54) is 0 Å². The highest BCUT2D eigenvalue weighted by Crippen LogP contribution is 2.61. The first-order valence-corrected chi connectivity index (χ1v) is 9.63. The van der Waals surface area contributed by atoms with Crippen LogP contribution in [0.4, 0.5) is 0 Å². The minimum absolute atomic E-state index is 0.0190. The van der Waals surface area contributed by atoms with Crippen molar-refractivity contribution >= 4 is 11.9 Å². The number of hydrogen-bond acceptors (Lipinski definition) is 4. The maximum Gasteiger partial charge on any atom is 0.312 e. The van der Waals surface area contributed by atoms with Crippen molar-refractivity contribution in [2.24, 2.45) is 34.0 Å². The van der Waals surface area contributed by atoms with Crippen LogP contribution in [0.2, 0.25) is 0 Å². The van der Waals surface area contributed by atoms with Gasteiger partial charge in [0.05, 0.1) is 11.3 Å². The molecule has 0 amide bonds. The van der Waals surface area contributed by atoms with Crippen LogP contribution in [0, 0.1) is 34.0 Å². The van der Waals surface area contributed by atoms with E-state index in [0.29, 0.717) is 5.92 Å². The van der Waals surface area contributed by atoms with Crippen molar-refractivity contribution in [2.45, 2.75) is 86.4 Å². The third-order valence-electron chi connectivity index (χ3n) is 7.22. The Balaban J connectivity index is 1.85. The van der Waals surface area contributed by atoms with Crippen LogP contribution in [0.15, 0.2) is 0 Å². The summed E-state index contributed by atoms with van der Waals surface area (Å²) in [7, 11) is 0. The SMILES string of the molecule is CC(C)(C)C[C@](C)(C(=O)OC1C2CC3CC2C(=O)OC31C)C(C)(C)C. The lowest BCUT2D eigenvalue weighted by Gasteiger charge is -2.49. The number of esters is 2. The van der Waals surface area contributed by atoms with Crippen LogP contribution >= 0.6 is 0 Å². The third kappa shape index (κ3) is 2.71. The first kappa shape index (κ1) is 18.7. The van der Waals surface area contributed by atoms with E-state index in [4.69, 9.17) is 9.47 Å². The second-order valence-electron chi connectivity index (χ2n) is 11.2. The molecule has 2 aliphatic carbocycles. The summed E-state index contributed by atoms with van der Waals surface area (Å²) in [5, 5.41) is 0. The molecule has 4 nitrogen and oxygen atoms in total. The van der Waals surface area contributed by atoms with Crippen LogP contribution < -0.4 is 0 Å². The summed E-state index contributed by atoms with van der Waals surface area (Å²) in [6.07, 6.45) is 2.30. The van der Waals surface area contributed by atoms with Gasteiger partial charge in [-0.15, -0.1) is 0 Å². The molecule has 4 rings (SSSR count). The van der Waals surface area contributed by atoms with E-state index >= 15 is 0 Å². The molecule has 0 aromatic carbocycles. The lowest BCUT2D eigenvalue weighted by atomic mass is 9.61. The summed E-state index contributed by atoms with van der Waals surface area (Å²) in [5.41, 5.74) is -1.42. The molecule has 0 N–H and O–H groups in total. The summed E-state index contributed by atoms with van der Waals surface area (Å²) in [4.78, 5) is 25.5. The van der Waals surface area contributed by atoms with Crippen LogP contribution in [0.1, 0.15) is 74.7 Å². The maximum atomic E-state index is 13.4. The van der Waals surface area contributed by atoms with Crippen molar-refractivity contribution in [2.75, 3.05) is 0 Å². The molecule has 2 saturated heterocycles. The molecule has 0 spiro atoms. The highest BCUT2D eigenvalue weighted by atomic mass is 16.6. The third-order valence-corrected chi connectivity index (χ3v) is 7.22. The van der Waals surface area contributed by atoms with Crippen LogP contribution in [-0.4, -0.2) is 23.6 Å². The average molecular weight is 350 g/mol. The van der Waals surface area contributed by atoms with Gasteiger partial charge in [0.25, 0.3) is 0 Å². The Hall–Kier alpha value is -1.06. The Bertz CT molecular complexity index is 596. The van der Waals surface area contributed by atoms with Crippen LogP contribution in [-0.2, 0) is 19.1 Å². The molecule has 142 valence electrons. The van der Waals surface area contributed by atoms with Crippen molar-refractivity contribution in [1.29, 1.82) is 0 Å². The predicted octanol–water partition coefficient (Wildman–Crippen LogP) is 4.36. The second-order valence-corrected chi connectivity index (χ2v) is 11.2. The average Bonchev–Trinajstić information content (AvgIpc) is 2.91. The number of carbonyl (C=O) groups excluding carboxylic acids is 2. The van der Waals surface area contributed by atoms with E-state index in [0.717, 1.165) is 19.3 Å². The molecule has 0 radical (unpaired) electrons. The molecule has 4 bridgehead atoms. The molecule has 5 unspecified atom stereocenters. The topological polar surface area (TPSA) is 52.6 Å². The van der Waals surface area contributed by atoms with Crippen LogP contribution in [0.5, 0.6) is 0 Å². The molecule has 2 aliphatic heterocycles. The van der Waals surface area contributed by atoms with Gasteiger partial charge in [-0.2, -0.15) is 0 Å². The van der Waals surface area contributed by atoms with Crippen molar-refractivity contribution < 1.29 is 19.1 Å². The lowest BCUT2D eigenvalue weighted by molar-refractivity contribution is -0.227. The molecule has 25 heavy (non-hydrogen) atoms. The Morgan fingerprint density at radius 1 is 1.16 bits per heavy atom. The van der Waals surface area contributed by atoms with Crippen LogP contribution in [0.3, 0.4) is 0 Å². The van der Waals surface area contributed by atoms with E-state index in [9.17, 15) is 9.59 Å². The highest BCUT2D eigenvalue weighted by Gasteiger charge is 2.70. The summed E-state index contributed by atoms with van der Waals surface area (Å²) in [5.74, 6) is 0.158. The van der Waals surface area contributed by atoms with Gasteiger partial charge >= 0.3 is 11.9 Å². The lowest BCUT2D eigenvalue weighted by Crippen LogP contribution is -2.60. The number of fused-ring (bicyclic) bond motifs is 1. The first-order chi connectivity index (χ1) is 11.2. The van der Waals surface area contributed by atoms with E-state index < -0.39 is 11.0 Å². The molecule has 4 heteroatoms. The minimum atomic E-state index is -0.632. The molecular weight excluding hydrogens is 316 g/mol. The number of rotatable bonds is 3. The molecule has 0 aromatic rings. The first-order valence-electron chi connectivity index (χ1n) is 9.63. The molecule has 4 aliphatic rings. The minimum Gasteiger partial charge on any atom is -0.457 e. The Morgan fingerprint density at radius 3 is 2.24 bits per heavy atom. The van der Waals surface area contributed by atoms with Crippen molar-refractivity contribution in [3.63, 3.8) is 0 Å². The van der Waals surface area contributed by atoms with Crippen molar-refractivity contribution in [3.05, 3.63) is 0 Å². The summed E-state index contributed by atoms with van der Waals surface area (Å²) in [6, 6.07) is 0. The molecule has 2 heterocycles. The fourth-order valence-corrected chi connectivity index (χ4v) is 5.39. The zero-order valence-corrected chi connectivity index (χ0v) is 17.1. The molecule has 6 atom stereocenters. The van der Waals surface area contributed by atoms with E-state index in [1.807, 2.05) is 13.8 Å². The summed E-state index contributed by atoms with van der Waals surface area (Å²) < 4.78 is 11.9. The molecular formula is C21H34O4. The van der Waals surface area contributed by atoms with Gasteiger partial charge in [-0.3, -0.25) is 9.59 Å². The Morgan fingerprint density at radius 2 is 1.76 bits per heavy atom. The van der Waals surface area contributed by atoms with Gasteiger partial charge in [0, 0.05) is 11.8 Å². The fourth-order valence-electron chi connectivity index (χ4n) is 5.39. The number of hydrogen-bond donors (Lipinski definition) is 0. The highest BCUT2D eigenvalue weighted by molar-refractivity contribution is 5.80. The largest absolute Gasteiger partial charge is 0.457 e.